The Hall–Kier alpha value is -0.740. The maximum atomic E-state index is 10.4. The van der Waals surface area contributed by atoms with Gasteiger partial charge in [-0.15, -0.1) is 0 Å². The van der Waals surface area contributed by atoms with Crippen molar-refractivity contribution in [1.82, 2.24) is 4.98 Å². The number of carboxylic acids is 1. The van der Waals surface area contributed by atoms with Crippen LogP contribution < -0.4 is 0 Å². The fourth-order valence-corrected chi connectivity index (χ4v) is 2.19. The molecule has 0 amide bonds. The van der Waals surface area contributed by atoms with Crippen LogP contribution in [0.4, 0.5) is 0 Å². The van der Waals surface area contributed by atoms with Crippen molar-refractivity contribution in [1.29, 1.82) is 0 Å². The van der Waals surface area contributed by atoms with Crippen LogP contribution in [0.25, 0.3) is 0 Å². The van der Waals surface area contributed by atoms with Crippen LogP contribution in [0.15, 0.2) is 18.3 Å². The van der Waals surface area contributed by atoms with Crippen molar-refractivity contribution in [3.05, 3.63) is 29.0 Å². The van der Waals surface area contributed by atoms with Gasteiger partial charge < -0.3 is 5.11 Å². The van der Waals surface area contributed by atoms with Crippen LogP contribution in [0.5, 0.6) is 0 Å². The van der Waals surface area contributed by atoms with E-state index >= 15 is 0 Å². The van der Waals surface area contributed by atoms with Crippen LogP contribution in [-0.2, 0) is 10.5 Å². The Bertz CT molecular complexity index is 346. The summed E-state index contributed by atoms with van der Waals surface area (Å²) in [5.74, 6) is -0.000731. The Morgan fingerprint density at radius 3 is 3.07 bits per heavy atom. The first-order valence-electron chi connectivity index (χ1n) is 4.51. The van der Waals surface area contributed by atoms with E-state index in [-0.39, 0.29) is 11.7 Å². The van der Waals surface area contributed by atoms with Crippen LogP contribution in [-0.4, -0.2) is 21.3 Å². The summed E-state index contributed by atoms with van der Waals surface area (Å²) in [5, 5.41) is 9.16. The normalized spacial score (nSPS) is 12.4. The van der Waals surface area contributed by atoms with E-state index in [0.717, 1.165) is 11.3 Å². The molecule has 0 spiro atoms. The Kier molecular flexibility index (Phi) is 4.91. The molecule has 0 radical (unpaired) electrons. The van der Waals surface area contributed by atoms with E-state index in [1.165, 1.54) is 0 Å². The average molecular weight is 246 g/mol. The molecule has 0 bridgehead atoms. The third-order valence-electron chi connectivity index (χ3n) is 1.79. The average Bonchev–Trinajstić information content (AvgIpc) is 2.14. The van der Waals surface area contributed by atoms with Gasteiger partial charge in [-0.1, -0.05) is 18.5 Å². The van der Waals surface area contributed by atoms with Crippen LogP contribution in [0.1, 0.15) is 18.9 Å². The molecule has 1 unspecified atom stereocenters. The zero-order chi connectivity index (χ0) is 11.3. The minimum Gasteiger partial charge on any atom is -0.481 e. The fourth-order valence-electron chi connectivity index (χ4n) is 1.08. The van der Waals surface area contributed by atoms with E-state index in [4.69, 9.17) is 16.7 Å². The molecule has 0 saturated carbocycles. The second-order valence-electron chi connectivity index (χ2n) is 3.21. The maximum Gasteiger partial charge on any atom is 0.304 e. The molecule has 1 rings (SSSR count). The number of carboxylic acid groups (broad SMARTS) is 1. The van der Waals surface area contributed by atoms with E-state index in [1.54, 1.807) is 24.0 Å². The number of halogens is 1. The van der Waals surface area contributed by atoms with Crippen molar-refractivity contribution in [2.45, 2.75) is 24.3 Å². The molecule has 1 atom stereocenters. The SMILES string of the molecule is CC(CC(=O)O)SCc1ccnc(Cl)c1. The third kappa shape index (κ3) is 5.04. The molecule has 1 N–H and O–H groups in total. The minimum absolute atomic E-state index is 0.106. The summed E-state index contributed by atoms with van der Waals surface area (Å²) in [6.45, 7) is 1.90. The van der Waals surface area contributed by atoms with Gasteiger partial charge in [0, 0.05) is 17.2 Å². The molecular weight excluding hydrogens is 234 g/mol. The smallest absolute Gasteiger partial charge is 0.304 e. The molecule has 3 nitrogen and oxygen atoms in total. The number of pyridine rings is 1. The molecule has 82 valence electrons. The zero-order valence-electron chi connectivity index (χ0n) is 8.31. The Morgan fingerprint density at radius 1 is 1.73 bits per heavy atom. The van der Waals surface area contributed by atoms with Gasteiger partial charge >= 0.3 is 5.97 Å². The highest BCUT2D eigenvalue weighted by molar-refractivity contribution is 7.99. The number of hydrogen-bond acceptors (Lipinski definition) is 3. The molecule has 1 aromatic rings. The lowest BCUT2D eigenvalue weighted by atomic mass is 10.3. The summed E-state index contributed by atoms with van der Waals surface area (Å²) in [5.41, 5.74) is 1.07. The number of aromatic nitrogens is 1. The molecule has 0 aromatic carbocycles. The van der Waals surface area contributed by atoms with Crippen molar-refractivity contribution in [2.75, 3.05) is 0 Å². The van der Waals surface area contributed by atoms with E-state index in [1.807, 2.05) is 13.0 Å². The van der Waals surface area contributed by atoms with Gasteiger partial charge in [-0.25, -0.2) is 4.98 Å². The number of hydrogen-bond donors (Lipinski definition) is 1. The highest BCUT2D eigenvalue weighted by Crippen LogP contribution is 2.20. The van der Waals surface area contributed by atoms with E-state index < -0.39 is 5.97 Å². The maximum absolute atomic E-state index is 10.4. The highest BCUT2D eigenvalue weighted by Gasteiger charge is 2.08. The predicted molar refractivity (Wildman–Crippen MR) is 62.3 cm³/mol. The molecular formula is C10H12ClNO2S. The van der Waals surface area contributed by atoms with Crippen molar-refractivity contribution < 1.29 is 9.90 Å². The molecule has 0 fully saturated rings. The number of rotatable bonds is 5. The van der Waals surface area contributed by atoms with E-state index in [0.29, 0.717) is 5.15 Å². The van der Waals surface area contributed by atoms with E-state index in [9.17, 15) is 4.79 Å². The molecule has 0 aliphatic carbocycles. The van der Waals surface area contributed by atoms with Crippen molar-refractivity contribution in [3.8, 4) is 0 Å². The van der Waals surface area contributed by atoms with Crippen molar-refractivity contribution in [2.24, 2.45) is 0 Å². The first-order valence-corrected chi connectivity index (χ1v) is 5.94. The van der Waals surface area contributed by atoms with E-state index in [2.05, 4.69) is 4.98 Å². The van der Waals surface area contributed by atoms with Crippen LogP contribution >= 0.6 is 23.4 Å². The summed E-state index contributed by atoms with van der Waals surface area (Å²) in [4.78, 5) is 14.3. The molecule has 1 heterocycles. The minimum atomic E-state index is -0.761. The highest BCUT2D eigenvalue weighted by atomic mass is 35.5. The van der Waals surface area contributed by atoms with Gasteiger partial charge in [0.05, 0.1) is 6.42 Å². The lowest BCUT2D eigenvalue weighted by Crippen LogP contribution is -2.05. The van der Waals surface area contributed by atoms with Gasteiger partial charge in [0.2, 0.25) is 0 Å². The molecule has 0 saturated heterocycles. The second kappa shape index (κ2) is 5.98. The Balaban J connectivity index is 2.40. The topological polar surface area (TPSA) is 50.2 Å². The number of nitrogens with zero attached hydrogens (tertiary/aromatic N) is 1. The molecule has 0 aliphatic rings. The van der Waals surface area contributed by atoms with Gasteiger partial charge in [-0.3, -0.25) is 4.79 Å². The van der Waals surface area contributed by atoms with Gasteiger partial charge in [0.1, 0.15) is 5.15 Å². The van der Waals surface area contributed by atoms with Gasteiger partial charge in [0.25, 0.3) is 0 Å². The largest absolute Gasteiger partial charge is 0.481 e. The Morgan fingerprint density at radius 2 is 2.47 bits per heavy atom. The second-order valence-corrected chi connectivity index (χ2v) is 5.02. The zero-order valence-corrected chi connectivity index (χ0v) is 9.88. The van der Waals surface area contributed by atoms with Crippen molar-refractivity contribution in [3.63, 3.8) is 0 Å². The molecule has 0 aliphatic heterocycles. The lowest BCUT2D eigenvalue weighted by molar-refractivity contribution is -0.136. The molecule has 1 aromatic heterocycles. The summed E-state index contributed by atoms with van der Waals surface area (Å²) in [6.07, 6.45) is 1.84. The first-order chi connectivity index (χ1) is 7.08. The number of aliphatic carboxylic acids is 1. The summed E-state index contributed by atoms with van der Waals surface area (Å²) in [7, 11) is 0. The first kappa shape index (κ1) is 12.3. The van der Waals surface area contributed by atoms with Gasteiger partial charge in [-0.05, 0) is 17.7 Å². The van der Waals surface area contributed by atoms with Crippen LogP contribution in [0, 0.1) is 0 Å². The molecule has 15 heavy (non-hydrogen) atoms. The summed E-state index contributed by atoms with van der Waals surface area (Å²) >= 11 is 7.33. The number of carbonyl (C=O) groups is 1. The van der Waals surface area contributed by atoms with Gasteiger partial charge in [0.15, 0.2) is 0 Å². The molecule has 5 heteroatoms. The fraction of sp³-hybridized carbons (Fsp3) is 0.400. The quantitative estimate of drug-likeness (QED) is 0.811. The summed E-state index contributed by atoms with van der Waals surface area (Å²) < 4.78 is 0. The van der Waals surface area contributed by atoms with Crippen LogP contribution in [0.2, 0.25) is 5.15 Å². The Labute approximate surface area is 97.9 Å². The standard InChI is InChI=1S/C10H12ClNO2S/c1-7(4-10(13)14)15-6-8-2-3-12-9(11)5-8/h2-3,5,7H,4,6H2,1H3,(H,13,14). The van der Waals surface area contributed by atoms with Crippen LogP contribution in [0.3, 0.4) is 0 Å². The summed E-state index contributed by atoms with van der Waals surface area (Å²) in [6, 6.07) is 3.68. The lowest BCUT2D eigenvalue weighted by Gasteiger charge is -2.08. The predicted octanol–water partition coefficient (Wildman–Crippen LogP) is 2.83. The number of thioether (sulfide) groups is 1. The monoisotopic (exact) mass is 245 g/mol. The van der Waals surface area contributed by atoms with Gasteiger partial charge in [-0.2, -0.15) is 11.8 Å². The van der Waals surface area contributed by atoms with Crippen molar-refractivity contribution >= 4 is 29.3 Å². The third-order valence-corrected chi connectivity index (χ3v) is 3.23.